The molecule has 0 spiro atoms. The first kappa shape index (κ1) is 10.4. The molecular weight excluding hydrogens is 252 g/mol. The fourth-order valence-corrected chi connectivity index (χ4v) is 2.07. The lowest BCUT2D eigenvalue weighted by atomic mass is 10.2. The summed E-state index contributed by atoms with van der Waals surface area (Å²) in [6, 6.07) is 8.38. The van der Waals surface area contributed by atoms with Gasteiger partial charge in [-0.15, -0.1) is 0 Å². The molecule has 15 heavy (non-hydrogen) atoms. The molecule has 0 aliphatic rings. The van der Waals surface area contributed by atoms with Gasteiger partial charge in [-0.25, -0.2) is 4.68 Å². The summed E-state index contributed by atoms with van der Waals surface area (Å²) in [6.07, 6.45) is 1.91. The van der Waals surface area contributed by atoms with Crippen LogP contribution in [0, 0.1) is 13.8 Å². The van der Waals surface area contributed by atoms with Gasteiger partial charge in [0.2, 0.25) is 0 Å². The van der Waals surface area contributed by atoms with E-state index in [1.807, 2.05) is 10.9 Å². The molecule has 78 valence electrons. The molecule has 0 fully saturated rings. The maximum Gasteiger partial charge on any atom is 0.0648 e. The van der Waals surface area contributed by atoms with Gasteiger partial charge in [-0.05, 0) is 26.0 Å². The summed E-state index contributed by atoms with van der Waals surface area (Å²) in [6.45, 7) is 4.17. The molecule has 0 N–H and O–H groups in total. The van der Waals surface area contributed by atoms with Gasteiger partial charge in [-0.1, -0.05) is 33.6 Å². The Morgan fingerprint density at radius 3 is 2.40 bits per heavy atom. The van der Waals surface area contributed by atoms with Crippen molar-refractivity contribution in [3.8, 4) is 5.69 Å². The van der Waals surface area contributed by atoms with Crippen LogP contribution in [0.25, 0.3) is 5.69 Å². The Kier molecular flexibility index (Phi) is 2.91. The Morgan fingerprint density at radius 1 is 1.20 bits per heavy atom. The zero-order valence-corrected chi connectivity index (χ0v) is 10.5. The lowest BCUT2D eigenvalue weighted by Gasteiger charge is -2.05. The van der Waals surface area contributed by atoms with E-state index in [4.69, 9.17) is 0 Å². The smallest absolute Gasteiger partial charge is 0.0648 e. The summed E-state index contributed by atoms with van der Waals surface area (Å²) in [5.74, 6) is 0. The number of halogens is 1. The molecule has 0 radical (unpaired) electrons. The first-order valence-electron chi connectivity index (χ1n) is 4.89. The van der Waals surface area contributed by atoms with Crippen molar-refractivity contribution >= 4 is 15.9 Å². The normalized spacial score (nSPS) is 10.6. The first-order chi connectivity index (χ1) is 7.22. The minimum Gasteiger partial charge on any atom is -0.238 e. The lowest BCUT2D eigenvalue weighted by molar-refractivity contribution is 0.845. The Bertz CT molecular complexity index is 457. The third kappa shape index (κ3) is 1.97. The van der Waals surface area contributed by atoms with Crippen molar-refractivity contribution < 1.29 is 0 Å². The number of aromatic nitrogens is 2. The average molecular weight is 265 g/mol. The van der Waals surface area contributed by atoms with Crippen LogP contribution >= 0.6 is 15.9 Å². The molecule has 2 aromatic rings. The number of nitrogens with zero attached hydrogens (tertiary/aromatic N) is 2. The molecule has 1 aromatic heterocycles. The third-order valence-corrected chi connectivity index (χ3v) is 3.14. The number of benzene rings is 1. The van der Waals surface area contributed by atoms with Crippen molar-refractivity contribution in [2.75, 3.05) is 0 Å². The van der Waals surface area contributed by atoms with Gasteiger partial charge in [-0.3, -0.25) is 0 Å². The van der Waals surface area contributed by atoms with Gasteiger partial charge in [0, 0.05) is 16.6 Å². The van der Waals surface area contributed by atoms with E-state index in [1.165, 1.54) is 16.8 Å². The van der Waals surface area contributed by atoms with Gasteiger partial charge in [0.15, 0.2) is 0 Å². The van der Waals surface area contributed by atoms with Crippen LogP contribution in [0.5, 0.6) is 0 Å². The molecule has 2 nitrogen and oxygen atoms in total. The summed E-state index contributed by atoms with van der Waals surface area (Å²) >= 11 is 3.45. The summed E-state index contributed by atoms with van der Waals surface area (Å²) in [5, 5.41) is 5.23. The second-order valence-corrected chi connectivity index (χ2v) is 4.20. The molecule has 0 saturated heterocycles. The van der Waals surface area contributed by atoms with E-state index in [9.17, 15) is 0 Å². The van der Waals surface area contributed by atoms with E-state index < -0.39 is 0 Å². The molecule has 1 heterocycles. The van der Waals surface area contributed by atoms with Crippen molar-refractivity contribution in [2.24, 2.45) is 0 Å². The Labute approximate surface area is 98.1 Å². The van der Waals surface area contributed by atoms with Crippen LogP contribution in [0.3, 0.4) is 0 Å². The van der Waals surface area contributed by atoms with Crippen LogP contribution in [-0.4, -0.2) is 9.78 Å². The molecule has 0 aliphatic carbocycles. The summed E-state index contributed by atoms with van der Waals surface area (Å²) in [5.41, 5.74) is 4.81. The highest BCUT2D eigenvalue weighted by Crippen LogP contribution is 2.16. The van der Waals surface area contributed by atoms with Crippen LogP contribution in [-0.2, 0) is 5.33 Å². The van der Waals surface area contributed by atoms with Crippen LogP contribution in [0.15, 0.2) is 30.5 Å². The standard InChI is InChI=1S/C12H13BrN2/c1-9-3-5-12(6-4-9)15-10(2)11(7-13)8-14-15/h3-6,8H,7H2,1-2H3. The predicted octanol–water partition coefficient (Wildman–Crippen LogP) is 3.38. The summed E-state index contributed by atoms with van der Waals surface area (Å²) in [4.78, 5) is 0. The van der Waals surface area contributed by atoms with Gasteiger partial charge in [0.05, 0.1) is 11.9 Å². The van der Waals surface area contributed by atoms with Gasteiger partial charge >= 0.3 is 0 Å². The number of alkyl halides is 1. The van der Waals surface area contributed by atoms with Crippen LogP contribution in [0.2, 0.25) is 0 Å². The Hall–Kier alpha value is -1.09. The first-order valence-corrected chi connectivity index (χ1v) is 6.01. The van der Waals surface area contributed by atoms with Crippen molar-refractivity contribution in [1.82, 2.24) is 9.78 Å². The highest BCUT2D eigenvalue weighted by Gasteiger charge is 2.06. The van der Waals surface area contributed by atoms with Crippen molar-refractivity contribution in [2.45, 2.75) is 19.2 Å². The summed E-state index contributed by atoms with van der Waals surface area (Å²) in [7, 11) is 0. The van der Waals surface area contributed by atoms with E-state index in [0.717, 1.165) is 11.0 Å². The second-order valence-electron chi connectivity index (χ2n) is 3.64. The van der Waals surface area contributed by atoms with Crippen LogP contribution in [0.1, 0.15) is 16.8 Å². The van der Waals surface area contributed by atoms with E-state index in [-0.39, 0.29) is 0 Å². The molecule has 0 unspecified atom stereocenters. The minimum absolute atomic E-state index is 0.852. The summed E-state index contributed by atoms with van der Waals surface area (Å²) < 4.78 is 1.97. The number of hydrogen-bond acceptors (Lipinski definition) is 1. The van der Waals surface area contributed by atoms with Crippen LogP contribution < -0.4 is 0 Å². The molecule has 0 bridgehead atoms. The highest BCUT2D eigenvalue weighted by atomic mass is 79.9. The molecule has 1 aromatic carbocycles. The average Bonchev–Trinajstić information content (AvgIpc) is 2.61. The lowest BCUT2D eigenvalue weighted by Crippen LogP contribution is -1.98. The number of hydrogen-bond donors (Lipinski definition) is 0. The van der Waals surface area contributed by atoms with Gasteiger partial charge < -0.3 is 0 Å². The molecule has 0 saturated carbocycles. The van der Waals surface area contributed by atoms with Crippen molar-refractivity contribution in [1.29, 1.82) is 0 Å². The number of aryl methyl sites for hydroxylation is 1. The third-order valence-electron chi connectivity index (χ3n) is 2.53. The minimum atomic E-state index is 0.852. The quantitative estimate of drug-likeness (QED) is 0.761. The maximum absolute atomic E-state index is 4.37. The topological polar surface area (TPSA) is 17.8 Å². The van der Waals surface area contributed by atoms with E-state index >= 15 is 0 Å². The zero-order valence-electron chi connectivity index (χ0n) is 8.87. The fourth-order valence-electron chi connectivity index (χ4n) is 1.52. The van der Waals surface area contributed by atoms with E-state index in [1.54, 1.807) is 0 Å². The van der Waals surface area contributed by atoms with Crippen LogP contribution in [0.4, 0.5) is 0 Å². The highest BCUT2D eigenvalue weighted by molar-refractivity contribution is 9.08. The number of rotatable bonds is 2. The second kappa shape index (κ2) is 4.19. The fraction of sp³-hybridized carbons (Fsp3) is 0.250. The maximum atomic E-state index is 4.37. The van der Waals surface area contributed by atoms with E-state index in [0.29, 0.717) is 0 Å². The van der Waals surface area contributed by atoms with Gasteiger partial charge in [-0.2, -0.15) is 5.10 Å². The largest absolute Gasteiger partial charge is 0.238 e. The van der Waals surface area contributed by atoms with Gasteiger partial charge in [0.1, 0.15) is 0 Å². The Morgan fingerprint density at radius 2 is 1.87 bits per heavy atom. The predicted molar refractivity (Wildman–Crippen MR) is 65.7 cm³/mol. The SMILES string of the molecule is Cc1ccc(-n2ncc(CBr)c2C)cc1. The van der Waals surface area contributed by atoms with Gasteiger partial charge in [0.25, 0.3) is 0 Å². The molecular formula is C12H13BrN2. The monoisotopic (exact) mass is 264 g/mol. The molecule has 0 atom stereocenters. The Balaban J connectivity index is 2.45. The molecule has 3 heteroatoms. The molecule has 0 aliphatic heterocycles. The molecule has 0 amide bonds. The van der Waals surface area contributed by atoms with Crippen molar-refractivity contribution in [3.05, 3.63) is 47.3 Å². The van der Waals surface area contributed by atoms with Crippen molar-refractivity contribution in [3.63, 3.8) is 0 Å². The van der Waals surface area contributed by atoms with E-state index in [2.05, 4.69) is 59.1 Å². The zero-order chi connectivity index (χ0) is 10.8. The molecule has 2 rings (SSSR count).